The largest absolute Gasteiger partial charge is 0.481 e. The number of aliphatic carboxylic acids is 1. The molecule has 1 aliphatic carbocycles. The maximum Gasteiger partial charge on any atom is 0.303 e. The van der Waals surface area contributed by atoms with Crippen LogP contribution in [-0.4, -0.2) is 47.1 Å². The van der Waals surface area contributed by atoms with E-state index in [2.05, 4.69) is 10.2 Å². The number of carbonyl (C=O) groups is 2. The van der Waals surface area contributed by atoms with Gasteiger partial charge in [-0.15, -0.1) is 0 Å². The van der Waals surface area contributed by atoms with Crippen LogP contribution in [0.25, 0.3) is 0 Å². The molecule has 0 aromatic heterocycles. The second kappa shape index (κ2) is 6.34. The number of nitrogens with zero attached hydrogens (tertiary/aromatic N) is 1. The average Bonchev–Trinajstić information content (AvgIpc) is 2.23. The Morgan fingerprint density at radius 1 is 1.24 bits per heavy atom. The normalized spacial score (nSPS) is 28.0. The zero-order valence-corrected chi connectivity index (χ0v) is 13.4. The van der Waals surface area contributed by atoms with Crippen LogP contribution in [0.1, 0.15) is 52.9 Å². The van der Waals surface area contributed by atoms with Crippen molar-refractivity contribution in [1.29, 1.82) is 0 Å². The highest BCUT2D eigenvalue weighted by Gasteiger charge is 2.36. The van der Waals surface area contributed by atoms with E-state index < -0.39 is 11.4 Å². The Balaban J connectivity index is 1.98. The molecule has 1 saturated heterocycles. The van der Waals surface area contributed by atoms with Crippen molar-refractivity contribution in [1.82, 2.24) is 10.2 Å². The van der Waals surface area contributed by atoms with Gasteiger partial charge in [0.25, 0.3) is 0 Å². The first-order valence-corrected chi connectivity index (χ1v) is 8.02. The molecule has 1 heterocycles. The molecule has 2 rings (SSSR count). The van der Waals surface area contributed by atoms with Crippen LogP contribution < -0.4 is 5.32 Å². The predicted molar refractivity (Wildman–Crippen MR) is 81.0 cm³/mol. The minimum absolute atomic E-state index is 0.0528. The van der Waals surface area contributed by atoms with Crippen molar-refractivity contribution in [3.8, 4) is 0 Å². The molecule has 2 fully saturated rings. The third-order valence-electron chi connectivity index (χ3n) is 4.64. The van der Waals surface area contributed by atoms with Gasteiger partial charge in [0.1, 0.15) is 0 Å². The number of piperidine rings is 1. The minimum atomic E-state index is -0.739. The van der Waals surface area contributed by atoms with E-state index in [0.29, 0.717) is 6.04 Å². The molecule has 1 amide bonds. The van der Waals surface area contributed by atoms with Crippen LogP contribution in [0.2, 0.25) is 0 Å². The highest BCUT2D eigenvalue weighted by Crippen LogP contribution is 2.30. The number of nitrogens with one attached hydrogen (secondary N) is 1. The summed E-state index contributed by atoms with van der Waals surface area (Å²) in [6.07, 6.45) is 4.66. The maximum absolute atomic E-state index is 12.2. The number of carboxylic acids is 1. The second-order valence-electron chi connectivity index (χ2n) is 7.66. The van der Waals surface area contributed by atoms with Crippen LogP contribution in [0.15, 0.2) is 0 Å². The first-order valence-electron chi connectivity index (χ1n) is 8.02. The van der Waals surface area contributed by atoms with Gasteiger partial charge < -0.3 is 10.4 Å². The molecular formula is C16H28N2O3. The Morgan fingerprint density at radius 3 is 2.38 bits per heavy atom. The van der Waals surface area contributed by atoms with E-state index >= 15 is 0 Å². The third kappa shape index (κ3) is 4.43. The quantitative estimate of drug-likeness (QED) is 0.831. The molecular weight excluding hydrogens is 268 g/mol. The summed E-state index contributed by atoms with van der Waals surface area (Å²) in [7, 11) is 0. The van der Waals surface area contributed by atoms with Gasteiger partial charge in [0.15, 0.2) is 0 Å². The highest BCUT2D eigenvalue weighted by molar-refractivity contribution is 5.81. The lowest BCUT2D eigenvalue weighted by Gasteiger charge is -2.45. The van der Waals surface area contributed by atoms with Gasteiger partial charge in [-0.05, 0) is 25.2 Å². The number of rotatable bonds is 4. The van der Waals surface area contributed by atoms with Gasteiger partial charge in [-0.2, -0.15) is 0 Å². The van der Waals surface area contributed by atoms with Crippen LogP contribution in [0.3, 0.4) is 0 Å². The van der Waals surface area contributed by atoms with E-state index in [9.17, 15) is 9.59 Å². The number of amides is 1. The summed E-state index contributed by atoms with van der Waals surface area (Å²) in [6.45, 7) is 7.44. The smallest absolute Gasteiger partial charge is 0.303 e. The van der Waals surface area contributed by atoms with Crippen LogP contribution in [0.5, 0.6) is 0 Å². The number of hydrogen-bond donors (Lipinski definition) is 2. The Bertz CT molecular complexity index is 399. The summed E-state index contributed by atoms with van der Waals surface area (Å²) in [5.74, 6) is -0.546. The molecule has 2 aliphatic rings. The summed E-state index contributed by atoms with van der Waals surface area (Å²) < 4.78 is 0. The lowest BCUT2D eigenvalue weighted by Crippen LogP contribution is -2.56. The fourth-order valence-electron chi connectivity index (χ4n) is 3.19. The maximum atomic E-state index is 12.2. The molecule has 0 aromatic carbocycles. The van der Waals surface area contributed by atoms with E-state index in [1.165, 1.54) is 19.3 Å². The van der Waals surface area contributed by atoms with Gasteiger partial charge >= 0.3 is 5.97 Å². The van der Waals surface area contributed by atoms with Gasteiger partial charge in [0, 0.05) is 37.0 Å². The zero-order valence-electron chi connectivity index (χ0n) is 13.4. The van der Waals surface area contributed by atoms with Crippen molar-refractivity contribution in [2.24, 2.45) is 11.3 Å². The molecule has 2 unspecified atom stereocenters. The van der Waals surface area contributed by atoms with Crippen molar-refractivity contribution < 1.29 is 14.7 Å². The summed E-state index contributed by atoms with van der Waals surface area (Å²) in [5.41, 5.74) is -0.402. The molecule has 21 heavy (non-hydrogen) atoms. The zero-order chi connectivity index (χ0) is 15.6. The molecule has 1 saturated carbocycles. The van der Waals surface area contributed by atoms with E-state index in [0.717, 1.165) is 19.5 Å². The van der Waals surface area contributed by atoms with E-state index in [1.54, 1.807) is 0 Å². The number of hydrogen-bond acceptors (Lipinski definition) is 3. The molecule has 120 valence electrons. The van der Waals surface area contributed by atoms with Crippen LogP contribution in [0.4, 0.5) is 0 Å². The number of carboxylic acid groups (broad SMARTS) is 1. The molecule has 0 radical (unpaired) electrons. The van der Waals surface area contributed by atoms with Gasteiger partial charge in [0.05, 0.1) is 0 Å². The minimum Gasteiger partial charge on any atom is -0.481 e. The van der Waals surface area contributed by atoms with Crippen LogP contribution in [0, 0.1) is 11.3 Å². The first kappa shape index (κ1) is 16.3. The topological polar surface area (TPSA) is 69.6 Å². The average molecular weight is 296 g/mol. The highest BCUT2D eigenvalue weighted by atomic mass is 16.4. The molecule has 2 N–H and O–H groups in total. The number of likely N-dealkylation sites (tertiary alicyclic amines) is 1. The molecule has 2 atom stereocenters. The Kier molecular flexibility index (Phi) is 4.91. The van der Waals surface area contributed by atoms with E-state index in [4.69, 9.17) is 5.11 Å². The Hall–Kier alpha value is -1.10. The van der Waals surface area contributed by atoms with Crippen molar-refractivity contribution in [3.05, 3.63) is 0 Å². The summed E-state index contributed by atoms with van der Waals surface area (Å²) >= 11 is 0. The molecule has 5 heteroatoms. The van der Waals surface area contributed by atoms with Crippen LogP contribution >= 0.6 is 0 Å². The van der Waals surface area contributed by atoms with Gasteiger partial charge in [-0.1, -0.05) is 27.2 Å². The summed E-state index contributed by atoms with van der Waals surface area (Å²) in [5, 5.41) is 12.2. The monoisotopic (exact) mass is 296 g/mol. The molecule has 1 aliphatic heterocycles. The Morgan fingerprint density at radius 2 is 1.90 bits per heavy atom. The Labute approximate surface area is 127 Å². The lowest BCUT2D eigenvalue weighted by molar-refractivity contribution is -0.138. The van der Waals surface area contributed by atoms with Gasteiger partial charge in [0.2, 0.25) is 5.91 Å². The summed E-state index contributed by atoms with van der Waals surface area (Å²) in [4.78, 5) is 25.6. The van der Waals surface area contributed by atoms with Gasteiger partial charge in [-0.25, -0.2) is 0 Å². The van der Waals surface area contributed by atoms with Crippen molar-refractivity contribution in [2.45, 2.75) is 65.0 Å². The van der Waals surface area contributed by atoms with Crippen molar-refractivity contribution >= 4 is 11.9 Å². The third-order valence-corrected chi connectivity index (χ3v) is 4.64. The standard InChI is InChI=1S/C16H28N2O3/c1-16(2,3)15(21)17-12-7-11(8-14(19)20)9-18(10-12)13-5-4-6-13/h11-13H,4-10H2,1-3H3,(H,17,21)(H,19,20). The van der Waals surface area contributed by atoms with Gasteiger partial charge in [-0.3, -0.25) is 14.5 Å². The first-order chi connectivity index (χ1) is 9.75. The lowest BCUT2D eigenvalue weighted by atomic mass is 9.85. The van der Waals surface area contributed by atoms with E-state index in [1.807, 2.05) is 20.8 Å². The predicted octanol–water partition coefficient (Wildman–Crippen LogP) is 1.87. The molecule has 0 aromatic rings. The van der Waals surface area contributed by atoms with Crippen molar-refractivity contribution in [2.75, 3.05) is 13.1 Å². The molecule has 0 bridgehead atoms. The number of carbonyl (C=O) groups excluding carboxylic acids is 1. The second-order valence-corrected chi connectivity index (χ2v) is 7.66. The molecule has 5 nitrogen and oxygen atoms in total. The summed E-state index contributed by atoms with van der Waals surface area (Å²) in [6, 6.07) is 0.672. The fraction of sp³-hybridized carbons (Fsp3) is 0.875. The van der Waals surface area contributed by atoms with E-state index in [-0.39, 0.29) is 24.3 Å². The molecule has 0 spiro atoms. The SMILES string of the molecule is CC(C)(C)C(=O)NC1CC(CC(=O)O)CN(C2CCC2)C1. The van der Waals surface area contributed by atoms with Crippen LogP contribution in [-0.2, 0) is 9.59 Å². The fourth-order valence-corrected chi connectivity index (χ4v) is 3.19. The van der Waals surface area contributed by atoms with Crippen molar-refractivity contribution in [3.63, 3.8) is 0 Å².